The number of nitro benzene ring substituents is 1. The smallest absolute Gasteiger partial charge is 0.270 e. The Labute approximate surface area is 142 Å². The molecule has 0 atom stereocenters. The van der Waals surface area contributed by atoms with Crippen LogP contribution in [0.1, 0.15) is 5.56 Å². The van der Waals surface area contributed by atoms with Crippen LogP contribution < -0.4 is 0 Å². The Morgan fingerprint density at radius 1 is 1.08 bits per heavy atom. The maximum Gasteiger partial charge on any atom is 0.270 e. The number of pyridine rings is 1. The maximum atomic E-state index is 11.0. The highest BCUT2D eigenvalue weighted by molar-refractivity contribution is 5.91. The highest BCUT2D eigenvalue weighted by Gasteiger charge is 2.15. The van der Waals surface area contributed by atoms with Gasteiger partial charge in [0.05, 0.1) is 16.8 Å². The number of oxime groups is 1. The summed E-state index contributed by atoms with van der Waals surface area (Å²) in [5, 5.41) is 33.3. The van der Waals surface area contributed by atoms with E-state index in [9.17, 15) is 15.2 Å². The van der Waals surface area contributed by atoms with Crippen molar-refractivity contribution in [2.75, 3.05) is 0 Å². The van der Waals surface area contributed by atoms with Crippen LogP contribution in [0.15, 0.2) is 65.9 Å². The molecule has 0 aliphatic carbocycles. The average Bonchev–Trinajstić information content (AvgIpc) is 2.64. The molecule has 3 aromatic rings. The molecule has 0 radical (unpaired) electrons. The van der Waals surface area contributed by atoms with Gasteiger partial charge in [0.2, 0.25) is 0 Å². The lowest BCUT2D eigenvalue weighted by molar-refractivity contribution is -0.384. The molecule has 7 nitrogen and oxygen atoms in total. The molecule has 2 N–H and O–H groups in total. The lowest BCUT2D eigenvalue weighted by atomic mass is 9.96. The zero-order chi connectivity index (χ0) is 17.8. The van der Waals surface area contributed by atoms with E-state index >= 15 is 0 Å². The van der Waals surface area contributed by atoms with Crippen molar-refractivity contribution < 1.29 is 15.2 Å². The van der Waals surface area contributed by atoms with Crippen molar-refractivity contribution in [3.63, 3.8) is 0 Å². The molecule has 0 unspecified atom stereocenters. The van der Waals surface area contributed by atoms with E-state index in [0.717, 1.165) is 6.21 Å². The predicted molar refractivity (Wildman–Crippen MR) is 92.8 cm³/mol. The number of phenols is 1. The van der Waals surface area contributed by atoms with Crippen LogP contribution in [0, 0.1) is 10.1 Å². The first-order chi connectivity index (χ1) is 12.1. The number of aromatic nitrogens is 1. The van der Waals surface area contributed by atoms with Crippen molar-refractivity contribution in [3.05, 3.63) is 76.5 Å². The van der Waals surface area contributed by atoms with Gasteiger partial charge in [0, 0.05) is 35.0 Å². The van der Waals surface area contributed by atoms with E-state index in [1.165, 1.54) is 12.1 Å². The Balaban J connectivity index is 2.23. The first kappa shape index (κ1) is 16.1. The predicted octanol–water partition coefficient (Wildman–Crippen LogP) is 3.84. The number of hydrogen-bond acceptors (Lipinski definition) is 6. The van der Waals surface area contributed by atoms with Gasteiger partial charge in [0.25, 0.3) is 5.69 Å². The van der Waals surface area contributed by atoms with E-state index in [-0.39, 0.29) is 17.0 Å². The molecule has 3 rings (SSSR count). The summed E-state index contributed by atoms with van der Waals surface area (Å²) in [7, 11) is 0. The summed E-state index contributed by atoms with van der Waals surface area (Å²) in [5.41, 5.74) is 2.36. The van der Waals surface area contributed by atoms with Gasteiger partial charge < -0.3 is 10.3 Å². The highest BCUT2D eigenvalue weighted by Crippen LogP contribution is 2.37. The quantitative estimate of drug-likeness (QED) is 0.326. The number of nitrogens with zero attached hydrogens (tertiary/aromatic N) is 3. The van der Waals surface area contributed by atoms with E-state index in [1.54, 1.807) is 42.6 Å². The minimum atomic E-state index is -0.501. The molecule has 7 heteroatoms. The van der Waals surface area contributed by atoms with Crippen LogP contribution in [-0.4, -0.2) is 26.4 Å². The Kier molecular flexibility index (Phi) is 4.38. The van der Waals surface area contributed by atoms with Crippen LogP contribution in [0.4, 0.5) is 5.69 Å². The molecule has 0 spiro atoms. The Bertz CT molecular complexity index is 956. The molecule has 0 aliphatic rings. The molecule has 0 bridgehead atoms. The second kappa shape index (κ2) is 6.79. The van der Waals surface area contributed by atoms with Crippen LogP contribution in [0.3, 0.4) is 0 Å². The minimum Gasteiger partial charge on any atom is -0.507 e. The Hall–Kier alpha value is -3.74. The molecular formula is C18H13N3O4. The van der Waals surface area contributed by atoms with E-state index in [2.05, 4.69) is 10.1 Å². The van der Waals surface area contributed by atoms with Gasteiger partial charge in [-0.3, -0.25) is 15.1 Å². The molecule has 1 heterocycles. The number of aromatic hydroxyl groups is 1. The van der Waals surface area contributed by atoms with E-state index in [4.69, 9.17) is 5.21 Å². The van der Waals surface area contributed by atoms with Gasteiger partial charge >= 0.3 is 0 Å². The number of non-ortho nitro benzene ring substituents is 1. The number of benzene rings is 2. The third-order valence-corrected chi connectivity index (χ3v) is 3.66. The van der Waals surface area contributed by atoms with E-state index < -0.39 is 4.92 Å². The van der Waals surface area contributed by atoms with E-state index in [0.29, 0.717) is 22.4 Å². The fraction of sp³-hybridized carbons (Fsp3) is 0. The summed E-state index contributed by atoms with van der Waals surface area (Å²) in [6, 6.07) is 14.7. The minimum absolute atomic E-state index is 0.0856. The van der Waals surface area contributed by atoms with Crippen molar-refractivity contribution in [1.29, 1.82) is 0 Å². The molecular weight excluding hydrogens is 322 g/mol. The third-order valence-electron chi connectivity index (χ3n) is 3.66. The molecule has 0 fully saturated rings. The lowest BCUT2D eigenvalue weighted by Gasteiger charge is -2.11. The van der Waals surface area contributed by atoms with Crippen molar-refractivity contribution in [3.8, 4) is 28.1 Å². The van der Waals surface area contributed by atoms with Crippen molar-refractivity contribution >= 4 is 11.9 Å². The van der Waals surface area contributed by atoms with Gasteiger partial charge in [0.15, 0.2) is 0 Å². The fourth-order valence-corrected chi connectivity index (χ4v) is 2.51. The van der Waals surface area contributed by atoms with Crippen molar-refractivity contribution in [1.82, 2.24) is 4.98 Å². The summed E-state index contributed by atoms with van der Waals surface area (Å²) < 4.78 is 0. The third kappa shape index (κ3) is 3.30. The zero-order valence-corrected chi connectivity index (χ0v) is 12.9. The number of nitro groups is 1. The zero-order valence-electron chi connectivity index (χ0n) is 12.9. The van der Waals surface area contributed by atoms with Crippen LogP contribution in [0.2, 0.25) is 0 Å². The van der Waals surface area contributed by atoms with Gasteiger partial charge in [-0.2, -0.15) is 0 Å². The topological polar surface area (TPSA) is 109 Å². The Morgan fingerprint density at radius 2 is 1.92 bits per heavy atom. The van der Waals surface area contributed by atoms with Crippen molar-refractivity contribution in [2.45, 2.75) is 0 Å². The first-order valence-electron chi connectivity index (χ1n) is 7.31. The van der Waals surface area contributed by atoms with Gasteiger partial charge in [-0.25, -0.2) is 0 Å². The summed E-state index contributed by atoms with van der Waals surface area (Å²) in [6.07, 6.45) is 2.73. The monoisotopic (exact) mass is 335 g/mol. The van der Waals surface area contributed by atoms with Crippen LogP contribution in [0.25, 0.3) is 22.4 Å². The van der Waals surface area contributed by atoms with Gasteiger partial charge in [-0.15, -0.1) is 0 Å². The molecule has 2 aromatic carbocycles. The summed E-state index contributed by atoms with van der Waals surface area (Å²) in [4.78, 5) is 14.8. The summed E-state index contributed by atoms with van der Waals surface area (Å²) in [5.74, 6) is -0.141. The van der Waals surface area contributed by atoms with Crippen LogP contribution >= 0.6 is 0 Å². The molecule has 0 amide bonds. The number of rotatable bonds is 4. The summed E-state index contributed by atoms with van der Waals surface area (Å²) in [6.45, 7) is 0. The highest BCUT2D eigenvalue weighted by atomic mass is 16.6. The molecule has 0 saturated heterocycles. The lowest BCUT2D eigenvalue weighted by Crippen LogP contribution is -1.93. The van der Waals surface area contributed by atoms with Crippen LogP contribution in [0.5, 0.6) is 5.75 Å². The maximum absolute atomic E-state index is 11.0. The first-order valence-corrected chi connectivity index (χ1v) is 7.31. The molecule has 1 aromatic heterocycles. The molecule has 124 valence electrons. The van der Waals surface area contributed by atoms with Gasteiger partial charge in [-0.1, -0.05) is 23.4 Å². The average molecular weight is 335 g/mol. The Morgan fingerprint density at radius 3 is 2.60 bits per heavy atom. The summed E-state index contributed by atoms with van der Waals surface area (Å²) >= 11 is 0. The molecule has 0 saturated carbocycles. The normalized spacial score (nSPS) is 10.9. The van der Waals surface area contributed by atoms with Gasteiger partial charge in [0.1, 0.15) is 5.75 Å². The second-order valence-electron chi connectivity index (χ2n) is 5.23. The van der Waals surface area contributed by atoms with Crippen LogP contribution in [-0.2, 0) is 0 Å². The largest absolute Gasteiger partial charge is 0.507 e. The SMILES string of the molecule is O=[N+]([O-])c1cccc(-c2cc(-c3ccccn3)cc(C=NO)c2O)c1. The second-order valence-corrected chi connectivity index (χ2v) is 5.23. The number of phenolic OH excluding ortho intramolecular Hbond substituents is 1. The van der Waals surface area contributed by atoms with E-state index in [1.807, 2.05) is 6.07 Å². The fourth-order valence-electron chi connectivity index (χ4n) is 2.51. The molecule has 0 aliphatic heterocycles. The van der Waals surface area contributed by atoms with Crippen molar-refractivity contribution in [2.24, 2.45) is 5.16 Å². The molecule has 25 heavy (non-hydrogen) atoms. The number of hydrogen-bond donors (Lipinski definition) is 2. The standard InChI is InChI=1S/C18H13N3O4/c22-18-14(11-20-23)8-13(17-6-1-2-7-19-17)10-16(18)12-4-3-5-15(9-12)21(24)25/h1-11,22-23H. The van der Waals surface area contributed by atoms with Gasteiger partial charge in [-0.05, 0) is 29.8 Å².